The Morgan fingerprint density at radius 3 is 1.57 bits per heavy atom. The molecule has 3 N–H and O–H groups in total. The van der Waals surface area contributed by atoms with Gasteiger partial charge in [-0.3, -0.25) is 10.5 Å². The first-order chi connectivity index (χ1) is 3.50. The van der Waals surface area contributed by atoms with Crippen LogP contribution in [0.2, 0.25) is 0 Å². The van der Waals surface area contributed by atoms with Gasteiger partial charge in [0.15, 0.2) is 0 Å². The molecule has 1 rings (SSSR count). The summed E-state index contributed by atoms with van der Waals surface area (Å²) in [7, 11) is 0. The molecule has 0 fully saturated rings. The average molecular weight is 101 g/mol. The summed E-state index contributed by atoms with van der Waals surface area (Å²) >= 11 is 0. The smallest absolute Gasteiger partial charge is 0.000496 e. The summed E-state index contributed by atoms with van der Waals surface area (Å²) in [4.78, 5) is 2.86. The summed E-state index contributed by atoms with van der Waals surface area (Å²) in [5.74, 6) is 0. The molecule has 1 heterocycles. The zero-order valence-corrected chi connectivity index (χ0v) is 3.70. The Balaban J connectivity index is 0.000000162. The topological polar surface area (TPSA) is 56.2 Å². The number of nitrogens with one attached hydrogen (secondary N) is 1. The third kappa shape index (κ3) is 3.02. The molecular weight excluding hydrogens is 94.0 g/mol. The molecule has 0 aromatic carbocycles. The van der Waals surface area contributed by atoms with Gasteiger partial charge >= 0.3 is 0 Å². The van der Waals surface area contributed by atoms with Crippen LogP contribution in [-0.2, 0) is 0 Å². The predicted octanol–water partition coefficient (Wildman–Crippen LogP) is 1.03. The fourth-order valence-corrected chi connectivity index (χ4v) is 0.278. The molecule has 0 unspecified atom stereocenters. The predicted molar refractivity (Wildman–Crippen MR) is 26.1 cm³/mol. The zero-order valence-electron chi connectivity index (χ0n) is 3.70. The van der Waals surface area contributed by atoms with E-state index in [1.807, 2.05) is 24.5 Å². The molecule has 40 valence electrons. The zero-order chi connectivity index (χ0) is 5.54. The van der Waals surface area contributed by atoms with E-state index in [2.05, 4.69) is 4.98 Å². The quantitative estimate of drug-likeness (QED) is 0.337. The number of H-pyrrole nitrogens is 1. The summed E-state index contributed by atoms with van der Waals surface area (Å²) in [5, 5.41) is 12.0. The van der Waals surface area contributed by atoms with Crippen LogP contribution in [0.5, 0.6) is 0 Å². The minimum absolute atomic E-state index is 1.88. The van der Waals surface area contributed by atoms with Crippen molar-refractivity contribution in [3.63, 3.8) is 0 Å². The molecule has 1 aromatic rings. The minimum Gasteiger partial charge on any atom is -0.368 e. The van der Waals surface area contributed by atoms with Crippen LogP contribution in [0.3, 0.4) is 0 Å². The molecule has 0 saturated heterocycles. The monoisotopic (exact) mass is 101 g/mol. The van der Waals surface area contributed by atoms with E-state index in [9.17, 15) is 0 Å². The Labute approximate surface area is 41.2 Å². The van der Waals surface area contributed by atoms with Crippen LogP contribution in [-0.4, -0.2) is 15.5 Å². The second kappa shape index (κ2) is 5.20. The Morgan fingerprint density at radius 2 is 1.43 bits per heavy atom. The molecular formula is C4H7NO2. The van der Waals surface area contributed by atoms with Gasteiger partial charge in [-0.05, 0) is 12.1 Å². The third-order valence-corrected chi connectivity index (χ3v) is 0.496. The molecule has 0 atom stereocenters. The van der Waals surface area contributed by atoms with E-state index >= 15 is 0 Å². The van der Waals surface area contributed by atoms with E-state index < -0.39 is 0 Å². The summed E-state index contributed by atoms with van der Waals surface area (Å²) < 4.78 is 0. The molecule has 3 heteroatoms. The third-order valence-electron chi connectivity index (χ3n) is 0.496. The molecule has 7 heavy (non-hydrogen) atoms. The Bertz CT molecular complexity index is 66.2. The van der Waals surface area contributed by atoms with E-state index in [1.165, 1.54) is 0 Å². The first-order valence-electron chi connectivity index (χ1n) is 1.78. The van der Waals surface area contributed by atoms with Crippen LogP contribution in [0.15, 0.2) is 24.5 Å². The van der Waals surface area contributed by atoms with Gasteiger partial charge < -0.3 is 4.98 Å². The van der Waals surface area contributed by atoms with Gasteiger partial charge in [-0.1, -0.05) is 0 Å². The van der Waals surface area contributed by atoms with Crippen molar-refractivity contribution >= 4 is 0 Å². The van der Waals surface area contributed by atoms with E-state index in [1.54, 1.807) is 0 Å². The lowest BCUT2D eigenvalue weighted by Gasteiger charge is -1.49. The fourth-order valence-electron chi connectivity index (χ4n) is 0.278. The van der Waals surface area contributed by atoms with Gasteiger partial charge in [0.1, 0.15) is 0 Å². The number of rotatable bonds is 0. The normalized spacial score (nSPS) is 6.57. The van der Waals surface area contributed by atoms with Crippen LogP contribution in [0, 0.1) is 0 Å². The van der Waals surface area contributed by atoms with Crippen molar-refractivity contribution in [2.24, 2.45) is 0 Å². The lowest BCUT2D eigenvalue weighted by Crippen LogP contribution is -1.38. The van der Waals surface area contributed by atoms with Crippen molar-refractivity contribution in [2.75, 3.05) is 0 Å². The van der Waals surface area contributed by atoms with Crippen LogP contribution in [0.4, 0.5) is 0 Å². The molecule has 0 aliphatic carbocycles. The summed E-state index contributed by atoms with van der Waals surface area (Å²) in [6.07, 6.45) is 3.75. The SMILES string of the molecule is OO.c1cc[nH]c1. The second-order valence-corrected chi connectivity index (χ2v) is 0.885. The van der Waals surface area contributed by atoms with Crippen LogP contribution in [0.1, 0.15) is 0 Å². The summed E-state index contributed by atoms with van der Waals surface area (Å²) in [5.41, 5.74) is 0. The maximum atomic E-state index is 6.00. The number of aromatic nitrogens is 1. The van der Waals surface area contributed by atoms with Gasteiger partial charge in [-0.2, -0.15) is 0 Å². The first kappa shape index (κ1) is 6.20. The van der Waals surface area contributed by atoms with Crippen molar-refractivity contribution in [1.82, 2.24) is 4.98 Å². The molecule has 0 radical (unpaired) electrons. The van der Waals surface area contributed by atoms with E-state index in [-0.39, 0.29) is 0 Å². The van der Waals surface area contributed by atoms with E-state index in [4.69, 9.17) is 10.5 Å². The number of hydrogen-bond donors (Lipinski definition) is 3. The van der Waals surface area contributed by atoms with Crippen LogP contribution >= 0.6 is 0 Å². The standard InChI is InChI=1S/C4H5N.H2O2/c1-2-4-5-3-1;1-2/h1-5H;1-2H. The van der Waals surface area contributed by atoms with Crippen molar-refractivity contribution in [3.8, 4) is 0 Å². The molecule has 0 spiro atoms. The maximum absolute atomic E-state index is 6.00. The molecule has 0 amide bonds. The number of aromatic amines is 1. The van der Waals surface area contributed by atoms with Crippen molar-refractivity contribution in [2.45, 2.75) is 0 Å². The largest absolute Gasteiger partial charge is 0.368 e. The highest BCUT2D eigenvalue weighted by Crippen LogP contribution is 1.72. The van der Waals surface area contributed by atoms with Crippen molar-refractivity contribution in [1.29, 1.82) is 0 Å². The Hall–Kier alpha value is -0.800. The van der Waals surface area contributed by atoms with E-state index in [0.717, 1.165) is 0 Å². The van der Waals surface area contributed by atoms with Crippen molar-refractivity contribution < 1.29 is 10.5 Å². The fraction of sp³-hybridized carbons (Fsp3) is 0. The minimum atomic E-state index is 1.88. The van der Waals surface area contributed by atoms with Gasteiger partial charge in [0, 0.05) is 12.4 Å². The van der Waals surface area contributed by atoms with E-state index in [0.29, 0.717) is 0 Å². The Kier molecular flexibility index (Phi) is 4.61. The Morgan fingerprint density at radius 1 is 1.00 bits per heavy atom. The molecule has 0 saturated carbocycles. The maximum Gasteiger partial charge on any atom is 0.000496 e. The van der Waals surface area contributed by atoms with Crippen LogP contribution in [0.25, 0.3) is 0 Å². The highest BCUT2D eigenvalue weighted by Gasteiger charge is 1.55. The highest BCUT2D eigenvalue weighted by atomic mass is 17.0. The average Bonchev–Trinajstić information content (AvgIpc) is 2.23. The van der Waals surface area contributed by atoms with Crippen LogP contribution < -0.4 is 0 Å². The van der Waals surface area contributed by atoms with Gasteiger partial charge in [0.2, 0.25) is 0 Å². The highest BCUT2D eigenvalue weighted by molar-refractivity contribution is 4.84. The van der Waals surface area contributed by atoms with Gasteiger partial charge in [-0.25, -0.2) is 0 Å². The van der Waals surface area contributed by atoms with Crippen molar-refractivity contribution in [3.05, 3.63) is 24.5 Å². The second-order valence-electron chi connectivity index (χ2n) is 0.885. The molecule has 0 aliphatic heterocycles. The first-order valence-corrected chi connectivity index (χ1v) is 1.78. The summed E-state index contributed by atoms with van der Waals surface area (Å²) in [6.45, 7) is 0. The molecule has 1 aromatic heterocycles. The van der Waals surface area contributed by atoms with Gasteiger partial charge in [0.25, 0.3) is 0 Å². The number of hydrogen-bond acceptors (Lipinski definition) is 2. The molecule has 0 bridgehead atoms. The molecule has 0 aliphatic rings. The lowest BCUT2D eigenvalue weighted by molar-refractivity contribution is -0.176. The summed E-state index contributed by atoms with van der Waals surface area (Å²) in [6, 6.07) is 3.89. The molecule has 3 nitrogen and oxygen atoms in total. The van der Waals surface area contributed by atoms with Gasteiger partial charge in [-0.15, -0.1) is 0 Å². The van der Waals surface area contributed by atoms with Gasteiger partial charge in [0.05, 0.1) is 0 Å². The lowest BCUT2D eigenvalue weighted by atomic mass is 10.7.